The van der Waals surface area contributed by atoms with Crippen molar-refractivity contribution >= 4 is 40.0 Å². The summed E-state index contributed by atoms with van der Waals surface area (Å²) in [5.74, 6) is 0.673. The summed E-state index contributed by atoms with van der Waals surface area (Å²) < 4.78 is 5.97. The van der Waals surface area contributed by atoms with E-state index in [9.17, 15) is 14.4 Å². The molecule has 4 aromatic carbocycles. The molecular formula is C31H24N4O4. The standard InChI is InChI=1S/C31H24N4O4/c1-17-7-12-26(18(2)13-17)32-31(38)33-30-24-11-9-20(15-27(24)34-35-30)39-16-19-8-10-23-25(14-19)29(37)22-6-4-3-5-21(22)28(23)36/h3-15H,16H2,1-2H3,(H3,32,33,34,35,38). The third-order valence-electron chi connectivity index (χ3n) is 6.79. The number of ether oxygens (including phenoxy) is 1. The zero-order valence-corrected chi connectivity index (χ0v) is 21.3. The largest absolute Gasteiger partial charge is 0.489 e. The Morgan fingerprint density at radius 3 is 2.33 bits per heavy atom. The van der Waals surface area contributed by atoms with Gasteiger partial charge in [0.05, 0.1) is 5.52 Å². The Kier molecular flexibility index (Phi) is 5.92. The lowest BCUT2D eigenvalue weighted by atomic mass is 9.83. The van der Waals surface area contributed by atoms with E-state index in [1.54, 1.807) is 54.6 Å². The number of nitrogens with zero attached hydrogens (tertiary/aromatic N) is 1. The number of nitrogens with one attached hydrogen (secondary N) is 3. The van der Waals surface area contributed by atoms with Crippen molar-refractivity contribution in [3.8, 4) is 5.75 Å². The Morgan fingerprint density at radius 2 is 1.56 bits per heavy atom. The van der Waals surface area contributed by atoms with E-state index in [2.05, 4.69) is 20.8 Å². The van der Waals surface area contributed by atoms with Crippen LogP contribution in [0, 0.1) is 13.8 Å². The van der Waals surface area contributed by atoms with E-state index in [1.165, 1.54) is 0 Å². The molecule has 192 valence electrons. The zero-order valence-electron chi connectivity index (χ0n) is 21.3. The van der Waals surface area contributed by atoms with Crippen molar-refractivity contribution < 1.29 is 19.1 Å². The number of rotatable bonds is 5. The van der Waals surface area contributed by atoms with Gasteiger partial charge in [0.1, 0.15) is 12.4 Å². The third-order valence-corrected chi connectivity index (χ3v) is 6.79. The Hall–Kier alpha value is -5.24. The first-order valence-electron chi connectivity index (χ1n) is 12.4. The number of ketones is 2. The summed E-state index contributed by atoms with van der Waals surface area (Å²) in [4.78, 5) is 38.4. The number of carbonyl (C=O) groups is 3. The van der Waals surface area contributed by atoms with E-state index in [4.69, 9.17) is 4.74 Å². The van der Waals surface area contributed by atoms with Crippen LogP contribution >= 0.6 is 0 Å². The minimum absolute atomic E-state index is 0.149. The van der Waals surface area contributed by atoms with Crippen LogP contribution in [0.2, 0.25) is 0 Å². The molecule has 0 aliphatic heterocycles. The predicted octanol–water partition coefficient (Wildman–Crippen LogP) is 6.18. The van der Waals surface area contributed by atoms with E-state index >= 15 is 0 Å². The minimum atomic E-state index is -0.390. The first-order valence-corrected chi connectivity index (χ1v) is 12.4. The van der Waals surface area contributed by atoms with Gasteiger partial charge in [0.15, 0.2) is 17.4 Å². The highest BCUT2D eigenvalue weighted by molar-refractivity contribution is 6.28. The van der Waals surface area contributed by atoms with E-state index in [0.717, 1.165) is 27.8 Å². The van der Waals surface area contributed by atoms with E-state index in [-0.39, 0.29) is 18.2 Å². The van der Waals surface area contributed by atoms with Gasteiger partial charge in [0.25, 0.3) is 0 Å². The molecule has 0 radical (unpaired) electrons. The number of aromatic nitrogens is 2. The number of hydrogen-bond acceptors (Lipinski definition) is 5. The lowest BCUT2D eigenvalue weighted by Crippen LogP contribution is -2.21. The number of aryl methyl sites for hydroxylation is 2. The Bertz CT molecular complexity index is 1800. The minimum Gasteiger partial charge on any atom is -0.489 e. The molecule has 2 amide bonds. The molecular weight excluding hydrogens is 492 g/mol. The molecule has 0 spiro atoms. The second-order valence-corrected chi connectivity index (χ2v) is 9.55. The fourth-order valence-electron chi connectivity index (χ4n) is 4.80. The number of anilines is 2. The van der Waals surface area contributed by atoms with Crippen LogP contribution in [-0.4, -0.2) is 27.8 Å². The number of aromatic amines is 1. The SMILES string of the molecule is Cc1ccc(NC(=O)Nc2n[nH]c3cc(OCc4ccc5c(c4)C(=O)c4ccccc4C5=O)ccc23)c(C)c1. The van der Waals surface area contributed by atoms with Gasteiger partial charge < -0.3 is 10.1 Å². The van der Waals surface area contributed by atoms with Gasteiger partial charge in [0, 0.05) is 39.4 Å². The second kappa shape index (κ2) is 9.57. The van der Waals surface area contributed by atoms with E-state index in [0.29, 0.717) is 39.3 Å². The molecule has 1 heterocycles. The Balaban J connectivity index is 1.14. The van der Waals surface area contributed by atoms with Gasteiger partial charge in [-0.15, -0.1) is 0 Å². The van der Waals surface area contributed by atoms with Gasteiger partial charge in [-0.25, -0.2) is 4.79 Å². The van der Waals surface area contributed by atoms with Crippen LogP contribution in [0.25, 0.3) is 10.9 Å². The molecule has 1 aliphatic carbocycles. The molecule has 3 N–H and O–H groups in total. The van der Waals surface area contributed by atoms with Crippen molar-refractivity contribution in [3.05, 3.63) is 118 Å². The van der Waals surface area contributed by atoms with Crippen LogP contribution in [0.3, 0.4) is 0 Å². The maximum absolute atomic E-state index is 13.0. The van der Waals surface area contributed by atoms with Crippen LogP contribution < -0.4 is 15.4 Å². The Morgan fingerprint density at radius 1 is 0.821 bits per heavy atom. The molecule has 0 bridgehead atoms. The normalized spacial score (nSPS) is 12.2. The van der Waals surface area contributed by atoms with Crippen LogP contribution in [0.15, 0.2) is 78.9 Å². The lowest BCUT2D eigenvalue weighted by molar-refractivity contribution is 0.0979. The van der Waals surface area contributed by atoms with Gasteiger partial charge in [-0.3, -0.25) is 20.0 Å². The summed E-state index contributed by atoms with van der Waals surface area (Å²) in [6, 6.07) is 22.9. The van der Waals surface area contributed by atoms with Gasteiger partial charge in [-0.05, 0) is 55.3 Å². The third kappa shape index (κ3) is 4.53. The summed E-state index contributed by atoms with van der Waals surface area (Å²) in [5, 5.41) is 13.5. The molecule has 8 nitrogen and oxygen atoms in total. The van der Waals surface area contributed by atoms with Crippen LogP contribution in [-0.2, 0) is 6.61 Å². The van der Waals surface area contributed by atoms with Crippen molar-refractivity contribution in [1.29, 1.82) is 0 Å². The number of urea groups is 1. The maximum Gasteiger partial charge on any atom is 0.324 e. The molecule has 0 unspecified atom stereocenters. The highest BCUT2D eigenvalue weighted by Crippen LogP contribution is 2.29. The van der Waals surface area contributed by atoms with E-state index < -0.39 is 6.03 Å². The quantitative estimate of drug-likeness (QED) is 0.253. The highest BCUT2D eigenvalue weighted by Gasteiger charge is 2.29. The maximum atomic E-state index is 13.0. The number of fused-ring (bicyclic) bond motifs is 3. The van der Waals surface area contributed by atoms with Crippen molar-refractivity contribution in [1.82, 2.24) is 10.2 Å². The molecule has 6 rings (SSSR count). The molecule has 5 aromatic rings. The summed E-state index contributed by atoms with van der Waals surface area (Å²) in [6.07, 6.45) is 0. The number of benzene rings is 4. The monoisotopic (exact) mass is 516 g/mol. The first kappa shape index (κ1) is 24.1. The number of amides is 2. The number of hydrogen-bond donors (Lipinski definition) is 3. The average Bonchev–Trinajstić information content (AvgIpc) is 3.33. The van der Waals surface area contributed by atoms with Crippen molar-refractivity contribution in [2.24, 2.45) is 0 Å². The van der Waals surface area contributed by atoms with Crippen LogP contribution in [0.4, 0.5) is 16.3 Å². The molecule has 39 heavy (non-hydrogen) atoms. The first-order chi connectivity index (χ1) is 18.9. The summed E-state index contributed by atoms with van der Waals surface area (Å²) in [5.41, 5.74) is 5.93. The van der Waals surface area contributed by atoms with Gasteiger partial charge >= 0.3 is 6.03 Å². The predicted molar refractivity (Wildman–Crippen MR) is 149 cm³/mol. The number of H-pyrrole nitrogens is 1. The van der Waals surface area contributed by atoms with Gasteiger partial charge in [0.2, 0.25) is 0 Å². The summed E-state index contributed by atoms with van der Waals surface area (Å²) in [7, 11) is 0. The fourth-order valence-corrected chi connectivity index (χ4v) is 4.80. The molecule has 0 atom stereocenters. The van der Waals surface area contributed by atoms with Crippen molar-refractivity contribution in [2.75, 3.05) is 10.6 Å². The highest BCUT2D eigenvalue weighted by atomic mass is 16.5. The molecule has 8 heteroatoms. The second-order valence-electron chi connectivity index (χ2n) is 9.55. The molecule has 0 saturated heterocycles. The average molecular weight is 517 g/mol. The van der Waals surface area contributed by atoms with Gasteiger partial charge in [-0.2, -0.15) is 5.10 Å². The molecule has 1 aliphatic rings. The fraction of sp³-hybridized carbons (Fsp3) is 0.0968. The zero-order chi connectivity index (χ0) is 27.1. The smallest absolute Gasteiger partial charge is 0.324 e. The lowest BCUT2D eigenvalue weighted by Gasteiger charge is -2.18. The Labute approximate surface area is 224 Å². The molecule has 1 aromatic heterocycles. The van der Waals surface area contributed by atoms with Crippen LogP contribution in [0.5, 0.6) is 5.75 Å². The summed E-state index contributed by atoms with van der Waals surface area (Å²) >= 11 is 0. The molecule has 0 fully saturated rings. The van der Waals surface area contributed by atoms with Crippen molar-refractivity contribution in [2.45, 2.75) is 20.5 Å². The van der Waals surface area contributed by atoms with E-state index in [1.807, 2.05) is 38.1 Å². The summed E-state index contributed by atoms with van der Waals surface area (Å²) in [6.45, 7) is 4.15. The van der Waals surface area contributed by atoms with Gasteiger partial charge in [-0.1, -0.05) is 48.0 Å². The molecule has 0 saturated carbocycles. The van der Waals surface area contributed by atoms with Crippen LogP contribution in [0.1, 0.15) is 48.5 Å². The van der Waals surface area contributed by atoms with Crippen molar-refractivity contribution in [3.63, 3.8) is 0 Å². The number of carbonyl (C=O) groups excluding carboxylic acids is 3. The topological polar surface area (TPSA) is 113 Å².